The molecule has 27 heavy (non-hydrogen) atoms. The Kier molecular flexibility index (Phi) is 23.2. The molecule has 0 fully saturated rings. The largest absolute Gasteiger partial charge is 1.00 e. The molecule has 0 bridgehead atoms. The zero-order valence-electron chi connectivity index (χ0n) is 17.7. The average Bonchev–Trinajstić information content (AvgIpc) is 2.58. The van der Waals surface area contributed by atoms with Crippen LogP contribution in [0.2, 0.25) is 0 Å². The van der Waals surface area contributed by atoms with Gasteiger partial charge in [-0.2, -0.15) is 0 Å². The van der Waals surface area contributed by atoms with E-state index in [0.29, 0.717) is 6.42 Å². The summed E-state index contributed by atoms with van der Waals surface area (Å²) in [6.45, 7) is 2.12. The van der Waals surface area contributed by atoms with Crippen LogP contribution in [0.15, 0.2) is 0 Å². The molecule has 0 aliphatic rings. The number of aliphatic hydroxyl groups excluding tert-OH is 1. The van der Waals surface area contributed by atoms with Gasteiger partial charge in [-0.1, -0.05) is 89.9 Å². The van der Waals surface area contributed by atoms with Crippen LogP contribution in [0, 0.1) is 11.8 Å². The molecule has 0 aromatic heterocycles. The summed E-state index contributed by atoms with van der Waals surface area (Å²) in [6, 6.07) is 0. The van der Waals surface area contributed by atoms with Crippen molar-refractivity contribution < 1.29 is 47.6 Å². The summed E-state index contributed by atoms with van der Waals surface area (Å²) >= 11 is 0. The van der Waals surface area contributed by atoms with Gasteiger partial charge in [0.2, 0.25) is 0 Å². The second-order valence-corrected chi connectivity index (χ2v) is 8.76. The minimum absolute atomic E-state index is 0. The van der Waals surface area contributed by atoms with Crippen molar-refractivity contribution in [2.75, 3.05) is 5.75 Å². The van der Waals surface area contributed by atoms with Gasteiger partial charge in [-0.3, -0.25) is 0 Å². The van der Waals surface area contributed by atoms with Gasteiger partial charge < -0.3 is 9.66 Å². The standard InChI is InChI=1S/C21H40O4S.Na/c1-2-3-18-21(22)19-16-14-12-10-8-6-4-5-7-9-11-13-15-17-20-26(23,24)25;/h21-22H,2-15,17-18,20H2,1H3,(H,23,24,25);/q;+1/p-1. The first-order valence-electron chi connectivity index (χ1n) is 10.6. The summed E-state index contributed by atoms with van der Waals surface area (Å²) in [7, 11) is -4.02. The molecule has 0 amide bonds. The zero-order chi connectivity index (χ0) is 19.5. The zero-order valence-corrected chi connectivity index (χ0v) is 20.5. The summed E-state index contributed by atoms with van der Waals surface area (Å²) in [5.41, 5.74) is 0. The Morgan fingerprint density at radius 1 is 0.815 bits per heavy atom. The van der Waals surface area contributed by atoms with Crippen molar-refractivity contribution in [3.05, 3.63) is 0 Å². The van der Waals surface area contributed by atoms with E-state index in [1.54, 1.807) is 0 Å². The summed E-state index contributed by atoms with van der Waals surface area (Å²) in [5, 5.41) is 9.61. The van der Waals surface area contributed by atoms with E-state index in [2.05, 4.69) is 18.8 Å². The fraction of sp³-hybridized carbons (Fsp3) is 0.905. The van der Waals surface area contributed by atoms with E-state index < -0.39 is 16.2 Å². The molecule has 1 unspecified atom stereocenters. The van der Waals surface area contributed by atoms with Gasteiger partial charge in [0.15, 0.2) is 0 Å². The fourth-order valence-electron chi connectivity index (χ4n) is 2.92. The molecule has 6 heteroatoms. The first-order chi connectivity index (χ1) is 12.5. The van der Waals surface area contributed by atoms with Gasteiger partial charge in [0.25, 0.3) is 0 Å². The van der Waals surface area contributed by atoms with E-state index in [0.717, 1.165) is 51.4 Å². The van der Waals surface area contributed by atoms with E-state index in [-0.39, 0.29) is 35.3 Å². The molecule has 0 heterocycles. The van der Waals surface area contributed by atoms with Gasteiger partial charge in [0.05, 0.1) is 10.1 Å². The van der Waals surface area contributed by atoms with Crippen LogP contribution >= 0.6 is 0 Å². The normalized spacial score (nSPS) is 12.1. The molecular formula is C21H39NaO4S. The molecule has 0 aromatic carbocycles. The van der Waals surface area contributed by atoms with Gasteiger partial charge in [0.1, 0.15) is 6.10 Å². The quantitative estimate of drug-likeness (QED) is 0.173. The molecular weight excluding hydrogens is 371 g/mol. The van der Waals surface area contributed by atoms with E-state index in [4.69, 9.17) is 0 Å². The Labute approximate surface area is 190 Å². The summed E-state index contributed by atoms with van der Waals surface area (Å²) in [4.78, 5) is 0. The van der Waals surface area contributed by atoms with Crippen LogP contribution in [0.5, 0.6) is 0 Å². The summed E-state index contributed by atoms with van der Waals surface area (Å²) < 4.78 is 31.4. The van der Waals surface area contributed by atoms with Gasteiger partial charge in [-0.05, 0) is 19.3 Å². The van der Waals surface area contributed by atoms with Crippen LogP contribution in [-0.4, -0.2) is 29.9 Å². The Morgan fingerprint density at radius 3 is 1.70 bits per heavy atom. The molecule has 0 aliphatic carbocycles. The number of rotatable bonds is 17. The predicted octanol–water partition coefficient (Wildman–Crippen LogP) is 2.16. The molecule has 0 rings (SSSR count). The van der Waals surface area contributed by atoms with Crippen molar-refractivity contribution in [2.45, 2.75) is 116 Å². The Morgan fingerprint density at radius 2 is 1.26 bits per heavy atom. The summed E-state index contributed by atoms with van der Waals surface area (Å²) in [6.07, 6.45) is 16.9. The number of unbranched alkanes of at least 4 members (excludes halogenated alkanes) is 13. The Hall–Kier alpha value is 0.430. The molecule has 0 saturated carbocycles. The number of hydrogen-bond donors (Lipinski definition) is 1. The van der Waals surface area contributed by atoms with Crippen molar-refractivity contribution in [1.82, 2.24) is 0 Å². The van der Waals surface area contributed by atoms with Crippen LogP contribution in [0.4, 0.5) is 0 Å². The van der Waals surface area contributed by atoms with Gasteiger partial charge >= 0.3 is 29.6 Å². The molecule has 0 radical (unpaired) electrons. The predicted molar refractivity (Wildman–Crippen MR) is 108 cm³/mol. The fourth-order valence-corrected chi connectivity index (χ4v) is 3.48. The SMILES string of the molecule is CCCCC(O)C#CCCCCCCCCCCCCCCS(=O)(=O)[O-].[Na+]. The smallest absolute Gasteiger partial charge is 0.748 e. The third kappa shape index (κ3) is 26.4. The first-order valence-corrected chi connectivity index (χ1v) is 12.1. The van der Waals surface area contributed by atoms with Crippen LogP contribution in [0.25, 0.3) is 0 Å². The van der Waals surface area contributed by atoms with Crippen molar-refractivity contribution in [3.8, 4) is 11.8 Å². The Bertz CT molecular complexity index is 468. The van der Waals surface area contributed by atoms with E-state index in [1.807, 2.05) is 0 Å². The molecule has 1 atom stereocenters. The monoisotopic (exact) mass is 410 g/mol. The maximum absolute atomic E-state index is 10.5. The summed E-state index contributed by atoms with van der Waals surface area (Å²) in [5.74, 6) is 5.81. The molecule has 154 valence electrons. The van der Waals surface area contributed by atoms with Crippen molar-refractivity contribution >= 4 is 10.1 Å². The second-order valence-electron chi connectivity index (χ2n) is 7.23. The van der Waals surface area contributed by atoms with Gasteiger partial charge in [-0.15, -0.1) is 5.92 Å². The molecule has 1 N–H and O–H groups in total. The molecule has 4 nitrogen and oxygen atoms in total. The van der Waals surface area contributed by atoms with Crippen LogP contribution < -0.4 is 29.6 Å². The maximum atomic E-state index is 10.5. The first kappa shape index (κ1) is 29.6. The van der Waals surface area contributed by atoms with Crippen molar-refractivity contribution in [1.29, 1.82) is 0 Å². The van der Waals surface area contributed by atoms with E-state index >= 15 is 0 Å². The average molecular weight is 411 g/mol. The number of aliphatic hydroxyl groups is 1. The van der Waals surface area contributed by atoms with Crippen molar-refractivity contribution in [2.24, 2.45) is 0 Å². The van der Waals surface area contributed by atoms with Gasteiger partial charge in [-0.25, -0.2) is 8.42 Å². The van der Waals surface area contributed by atoms with Gasteiger partial charge in [0, 0.05) is 12.2 Å². The minimum Gasteiger partial charge on any atom is -0.748 e. The Balaban J connectivity index is 0. The molecule has 0 aromatic rings. The molecule has 0 aliphatic heterocycles. The number of hydrogen-bond acceptors (Lipinski definition) is 4. The molecule has 0 saturated heterocycles. The third-order valence-corrected chi connectivity index (χ3v) is 5.33. The van der Waals surface area contributed by atoms with Crippen molar-refractivity contribution in [3.63, 3.8) is 0 Å². The minimum atomic E-state index is -4.02. The molecule has 0 spiro atoms. The topological polar surface area (TPSA) is 77.4 Å². The van der Waals surface area contributed by atoms with Crippen LogP contribution in [0.3, 0.4) is 0 Å². The van der Waals surface area contributed by atoms with E-state index in [9.17, 15) is 18.1 Å². The van der Waals surface area contributed by atoms with E-state index in [1.165, 1.54) is 44.9 Å². The van der Waals surface area contributed by atoms with Crippen LogP contribution in [-0.2, 0) is 10.1 Å². The third-order valence-electron chi connectivity index (χ3n) is 4.55. The van der Waals surface area contributed by atoms with Crippen LogP contribution in [0.1, 0.15) is 110 Å². The second kappa shape index (κ2) is 21.1. The maximum Gasteiger partial charge on any atom is 1.00 e.